The second-order valence-electron chi connectivity index (χ2n) is 6.14. The number of carbonyl (C=O) groups is 2. The Hall–Kier alpha value is -0.950. The number of sulfonamides is 1. The number of nitrogens with zero attached hydrogens (tertiary/aromatic N) is 2. The molecule has 0 aromatic heterocycles. The normalized spacial score (nSPS) is 26.9. The molecule has 2 saturated heterocycles. The van der Waals surface area contributed by atoms with Crippen LogP contribution in [0.2, 0.25) is 0 Å². The highest BCUT2D eigenvalue weighted by atomic mass is 32.2. The van der Waals surface area contributed by atoms with Crippen molar-refractivity contribution in [1.82, 2.24) is 9.21 Å². The molecule has 0 bridgehead atoms. The molecular weight excluding hydrogens is 280 g/mol. The molecule has 0 aliphatic carbocycles. The molecule has 0 radical (unpaired) electrons. The van der Waals surface area contributed by atoms with Crippen LogP contribution in [0.5, 0.6) is 0 Å². The fourth-order valence-corrected chi connectivity index (χ4v) is 4.25. The minimum Gasteiger partial charge on any atom is -0.332 e. The molecule has 0 N–H and O–H groups in total. The van der Waals surface area contributed by atoms with Crippen LogP contribution < -0.4 is 0 Å². The summed E-state index contributed by atoms with van der Waals surface area (Å²) in [7, 11) is -3.15. The Morgan fingerprint density at radius 2 is 1.70 bits per heavy atom. The molecule has 0 aromatic carbocycles. The van der Waals surface area contributed by atoms with Gasteiger partial charge in [-0.1, -0.05) is 0 Å². The number of hydrogen-bond acceptors (Lipinski definition) is 4. The first-order valence-corrected chi connectivity index (χ1v) is 8.72. The van der Waals surface area contributed by atoms with E-state index in [1.807, 2.05) is 0 Å². The lowest BCUT2D eigenvalue weighted by Gasteiger charge is -2.37. The van der Waals surface area contributed by atoms with Crippen LogP contribution in [0.3, 0.4) is 0 Å². The minimum absolute atomic E-state index is 0.0163. The van der Waals surface area contributed by atoms with E-state index in [0.717, 1.165) is 0 Å². The van der Waals surface area contributed by atoms with Gasteiger partial charge in [0.05, 0.1) is 12.3 Å². The van der Waals surface area contributed by atoms with Crippen molar-refractivity contribution in [1.29, 1.82) is 0 Å². The van der Waals surface area contributed by atoms with Gasteiger partial charge in [0.15, 0.2) is 5.78 Å². The van der Waals surface area contributed by atoms with Gasteiger partial charge in [-0.25, -0.2) is 12.7 Å². The molecule has 1 atom stereocenters. The molecule has 20 heavy (non-hydrogen) atoms. The summed E-state index contributed by atoms with van der Waals surface area (Å²) in [4.78, 5) is 25.0. The average molecular weight is 302 g/mol. The summed E-state index contributed by atoms with van der Waals surface area (Å²) in [5.41, 5.74) is -0.0941. The molecule has 1 unspecified atom stereocenters. The Kier molecular flexibility index (Phi) is 3.94. The molecule has 2 aliphatic rings. The Morgan fingerprint density at radius 3 is 2.05 bits per heavy atom. The third kappa shape index (κ3) is 2.88. The Balaban J connectivity index is 2.12. The van der Waals surface area contributed by atoms with E-state index >= 15 is 0 Å². The Labute approximate surface area is 120 Å². The second kappa shape index (κ2) is 5.11. The third-order valence-corrected chi connectivity index (χ3v) is 5.94. The zero-order chi connectivity index (χ0) is 15.1. The van der Waals surface area contributed by atoms with Crippen molar-refractivity contribution in [2.24, 2.45) is 5.41 Å². The lowest BCUT2D eigenvalue weighted by Crippen LogP contribution is -2.44. The zero-order valence-corrected chi connectivity index (χ0v) is 13.1. The number of likely N-dealkylation sites (tertiary alicyclic amines) is 1. The van der Waals surface area contributed by atoms with Crippen molar-refractivity contribution in [3.63, 3.8) is 0 Å². The van der Waals surface area contributed by atoms with E-state index < -0.39 is 10.0 Å². The smallest absolute Gasteiger partial charge is 0.220 e. The SMILES string of the molecule is CC(=O)C1CC2(CCN(S(C)(=O)=O)CC2)CN1C(C)=O. The number of Topliss-reactive ketones (excluding diaryl/α,β-unsaturated/α-hetero) is 1. The van der Waals surface area contributed by atoms with Crippen LogP contribution in [0, 0.1) is 5.41 Å². The van der Waals surface area contributed by atoms with Crippen LogP contribution in [0.4, 0.5) is 0 Å². The quantitative estimate of drug-likeness (QED) is 0.732. The van der Waals surface area contributed by atoms with Crippen LogP contribution in [-0.4, -0.2) is 61.2 Å². The van der Waals surface area contributed by atoms with Crippen molar-refractivity contribution < 1.29 is 18.0 Å². The first-order chi connectivity index (χ1) is 9.15. The molecule has 6 nitrogen and oxygen atoms in total. The summed E-state index contributed by atoms with van der Waals surface area (Å²) in [5.74, 6) is -0.0600. The van der Waals surface area contributed by atoms with Crippen LogP contribution in [-0.2, 0) is 19.6 Å². The molecule has 1 amide bonds. The van der Waals surface area contributed by atoms with Crippen molar-refractivity contribution in [3.8, 4) is 0 Å². The van der Waals surface area contributed by atoms with E-state index in [9.17, 15) is 18.0 Å². The molecule has 0 aromatic rings. The van der Waals surface area contributed by atoms with Gasteiger partial charge in [-0.3, -0.25) is 9.59 Å². The standard InChI is InChI=1S/C13H22N2O4S/c1-10(16)12-8-13(9-15(12)11(2)17)4-6-14(7-5-13)20(3,18)19/h12H,4-9H2,1-3H3. The van der Waals surface area contributed by atoms with E-state index in [1.165, 1.54) is 24.4 Å². The molecule has 0 saturated carbocycles. The maximum Gasteiger partial charge on any atom is 0.220 e. The Morgan fingerprint density at radius 1 is 1.15 bits per heavy atom. The molecule has 7 heteroatoms. The van der Waals surface area contributed by atoms with Crippen LogP contribution >= 0.6 is 0 Å². The molecule has 2 fully saturated rings. The number of rotatable bonds is 2. The second-order valence-corrected chi connectivity index (χ2v) is 8.12. The lowest BCUT2D eigenvalue weighted by molar-refractivity contribution is -0.135. The molecule has 2 aliphatic heterocycles. The number of hydrogen-bond donors (Lipinski definition) is 0. The highest BCUT2D eigenvalue weighted by Gasteiger charge is 2.48. The fourth-order valence-electron chi connectivity index (χ4n) is 3.40. The van der Waals surface area contributed by atoms with Gasteiger partial charge in [-0.15, -0.1) is 0 Å². The zero-order valence-electron chi connectivity index (χ0n) is 12.3. The fraction of sp³-hybridized carbons (Fsp3) is 0.846. The number of carbonyl (C=O) groups excluding carboxylic acids is 2. The van der Waals surface area contributed by atoms with Crippen LogP contribution in [0.15, 0.2) is 0 Å². The van der Waals surface area contributed by atoms with E-state index in [2.05, 4.69) is 0 Å². The maximum absolute atomic E-state index is 11.7. The molecule has 2 rings (SSSR count). The van der Waals surface area contributed by atoms with Crippen LogP contribution in [0.1, 0.15) is 33.1 Å². The van der Waals surface area contributed by atoms with Gasteiger partial charge < -0.3 is 4.90 Å². The van der Waals surface area contributed by atoms with E-state index in [0.29, 0.717) is 38.9 Å². The van der Waals surface area contributed by atoms with Crippen molar-refractivity contribution in [2.75, 3.05) is 25.9 Å². The van der Waals surface area contributed by atoms with Gasteiger partial charge >= 0.3 is 0 Å². The monoisotopic (exact) mass is 302 g/mol. The van der Waals surface area contributed by atoms with E-state index in [1.54, 1.807) is 4.90 Å². The first-order valence-electron chi connectivity index (χ1n) is 6.87. The number of piperidine rings is 1. The molecule has 1 spiro atoms. The number of amides is 1. The lowest BCUT2D eigenvalue weighted by atomic mass is 9.77. The highest BCUT2D eigenvalue weighted by molar-refractivity contribution is 7.88. The summed E-state index contributed by atoms with van der Waals surface area (Å²) < 4.78 is 24.6. The summed E-state index contributed by atoms with van der Waals surface area (Å²) in [6, 6.07) is -0.336. The summed E-state index contributed by atoms with van der Waals surface area (Å²) in [6.45, 7) is 4.54. The Bertz CT molecular complexity index is 496. The molecule has 114 valence electrons. The van der Waals surface area contributed by atoms with Gasteiger partial charge in [0.25, 0.3) is 0 Å². The first kappa shape index (κ1) is 15.4. The number of ketones is 1. The van der Waals surface area contributed by atoms with E-state index in [-0.39, 0.29) is 23.1 Å². The van der Waals surface area contributed by atoms with Gasteiger partial charge in [0, 0.05) is 26.6 Å². The minimum atomic E-state index is -3.15. The summed E-state index contributed by atoms with van der Waals surface area (Å²) in [6.07, 6.45) is 3.32. The maximum atomic E-state index is 11.7. The molecular formula is C13H22N2O4S. The van der Waals surface area contributed by atoms with Crippen molar-refractivity contribution >= 4 is 21.7 Å². The van der Waals surface area contributed by atoms with Gasteiger partial charge in [-0.2, -0.15) is 0 Å². The summed E-state index contributed by atoms with van der Waals surface area (Å²) in [5, 5.41) is 0. The van der Waals surface area contributed by atoms with Gasteiger partial charge in [-0.05, 0) is 31.6 Å². The molecule has 2 heterocycles. The van der Waals surface area contributed by atoms with Gasteiger partial charge in [0.2, 0.25) is 15.9 Å². The average Bonchev–Trinajstić information content (AvgIpc) is 2.68. The highest BCUT2D eigenvalue weighted by Crippen LogP contribution is 2.43. The predicted molar refractivity (Wildman–Crippen MR) is 74.6 cm³/mol. The van der Waals surface area contributed by atoms with Gasteiger partial charge in [0.1, 0.15) is 0 Å². The van der Waals surface area contributed by atoms with Crippen molar-refractivity contribution in [2.45, 2.75) is 39.2 Å². The topological polar surface area (TPSA) is 74.8 Å². The predicted octanol–water partition coefficient (Wildman–Crippen LogP) is 0.238. The summed E-state index contributed by atoms with van der Waals surface area (Å²) >= 11 is 0. The third-order valence-electron chi connectivity index (χ3n) is 4.63. The van der Waals surface area contributed by atoms with E-state index in [4.69, 9.17) is 0 Å². The van der Waals surface area contributed by atoms with Crippen molar-refractivity contribution in [3.05, 3.63) is 0 Å². The van der Waals surface area contributed by atoms with Crippen LogP contribution in [0.25, 0.3) is 0 Å². The largest absolute Gasteiger partial charge is 0.332 e.